The predicted molar refractivity (Wildman–Crippen MR) is 206 cm³/mol. The van der Waals surface area contributed by atoms with E-state index in [0.29, 0.717) is 5.92 Å². The van der Waals surface area contributed by atoms with Crippen LogP contribution in [0.4, 0.5) is 0 Å². The van der Waals surface area contributed by atoms with Crippen LogP contribution in [0.1, 0.15) is 68.4 Å². The molecule has 2 radical (unpaired) electrons. The second-order valence-corrected chi connectivity index (χ2v) is 18.0. The summed E-state index contributed by atoms with van der Waals surface area (Å²) in [6.45, 7) is 22.1. The maximum absolute atomic E-state index is 4.93. The van der Waals surface area contributed by atoms with Gasteiger partial charge in [-0.05, 0) is 34.9 Å². The van der Waals surface area contributed by atoms with E-state index in [0.717, 1.165) is 9.52 Å². The standard InChI is InChI=1S/C22H25.C18H17.C2H6Si.2ClH.Zr/c1-15(2)18-13-17-7-6-8-20(21(17)14-18)16-9-11-19(12-10-16)22(3,4)5;1-12-5-4-6-15(9-12)16-8-7-14(3)17-10-13(2)11-18(16)17;1-3-2;;;/h6-15H,1-5H3;4-11H,1-3H3;1-2H3;2*1H;/q2*-1;;;;+4/p-2. The zero-order valence-corrected chi connectivity index (χ0v) is 34.1. The van der Waals surface area contributed by atoms with Gasteiger partial charge in [0.25, 0.3) is 0 Å². The van der Waals surface area contributed by atoms with Crippen LogP contribution in [0.5, 0.6) is 0 Å². The van der Waals surface area contributed by atoms with Crippen LogP contribution in [0.3, 0.4) is 0 Å². The maximum atomic E-state index is 4.93. The Hall–Kier alpha value is -2.22. The van der Waals surface area contributed by atoms with E-state index in [9.17, 15) is 0 Å². The molecule has 46 heavy (non-hydrogen) atoms. The van der Waals surface area contributed by atoms with Crippen molar-refractivity contribution >= 4 is 48.1 Å². The van der Waals surface area contributed by atoms with Crippen LogP contribution < -0.4 is 0 Å². The molecule has 6 aromatic rings. The fraction of sp³-hybridized carbons (Fsp3) is 0.286. The van der Waals surface area contributed by atoms with E-state index >= 15 is 0 Å². The van der Waals surface area contributed by atoms with Crippen LogP contribution in [0, 0.1) is 20.8 Å². The summed E-state index contributed by atoms with van der Waals surface area (Å²) in [5, 5.41) is 5.47. The minimum atomic E-state index is -0.826. The monoisotopic (exact) mass is 740 g/mol. The number of fused-ring (bicyclic) bond motifs is 2. The molecule has 0 fully saturated rings. The second-order valence-electron chi connectivity index (χ2n) is 13.3. The summed E-state index contributed by atoms with van der Waals surface area (Å²) in [4.78, 5) is 0. The number of aryl methyl sites for hydroxylation is 3. The predicted octanol–water partition coefficient (Wildman–Crippen LogP) is 14.0. The van der Waals surface area contributed by atoms with E-state index in [1.165, 1.54) is 71.6 Å². The van der Waals surface area contributed by atoms with Gasteiger partial charge in [-0.3, -0.25) is 0 Å². The van der Waals surface area contributed by atoms with Crippen molar-refractivity contribution in [1.82, 2.24) is 0 Å². The fourth-order valence-corrected chi connectivity index (χ4v) is 5.65. The summed E-state index contributed by atoms with van der Waals surface area (Å²) >= 11 is -0.826. The van der Waals surface area contributed by atoms with E-state index < -0.39 is 20.8 Å². The van der Waals surface area contributed by atoms with Crippen LogP contribution in [-0.2, 0) is 26.3 Å². The molecule has 6 aromatic carbocycles. The quantitative estimate of drug-likeness (QED) is 0.125. The molecule has 238 valence electrons. The molecule has 0 heterocycles. The van der Waals surface area contributed by atoms with Crippen LogP contribution >= 0.6 is 17.0 Å². The Kier molecular flexibility index (Phi) is 14.8. The molecule has 0 amide bonds. The van der Waals surface area contributed by atoms with Crippen molar-refractivity contribution in [3.63, 3.8) is 0 Å². The van der Waals surface area contributed by atoms with E-state index in [1.54, 1.807) is 0 Å². The second kappa shape index (κ2) is 17.8. The summed E-state index contributed by atoms with van der Waals surface area (Å²) in [7, 11) is 11.0. The molecular weight excluding hydrogens is 695 g/mol. The summed E-state index contributed by atoms with van der Waals surface area (Å²) in [6.07, 6.45) is 0. The molecule has 0 saturated heterocycles. The van der Waals surface area contributed by atoms with Gasteiger partial charge in [-0.15, -0.1) is 68.6 Å². The Bertz CT molecular complexity index is 1820. The average Bonchev–Trinajstić information content (AvgIpc) is 3.63. The first kappa shape index (κ1) is 38.2. The van der Waals surface area contributed by atoms with Gasteiger partial charge in [-0.1, -0.05) is 139 Å². The molecule has 0 aliphatic carbocycles. The van der Waals surface area contributed by atoms with Gasteiger partial charge >= 0.3 is 37.9 Å². The molecule has 6 rings (SSSR count). The van der Waals surface area contributed by atoms with Crippen molar-refractivity contribution in [3.8, 4) is 22.3 Å². The zero-order chi connectivity index (χ0) is 34.0. The zero-order valence-electron chi connectivity index (χ0n) is 29.1. The molecule has 0 unspecified atom stereocenters. The molecule has 0 bridgehead atoms. The third-order valence-corrected chi connectivity index (χ3v) is 8.08. The van der Waals surface area contributed by atoms with Gasteiger partial charge in [-0.25, -0.2) is 0 Å². The van der Waals surface area contributed by atoms with Crippen molar-refractivity contribution in [3.05, 3.63) is 131 Å². The third kappa shape index (κ3) is 10.1. The summed E-state index contributed by atoms with van der Waals surface area (Å²) < 4.78 is 0. The molecule has 0 saturated carbocycles. The van der Waals surface area contributed by atoms with E-state index in [4.69, 9.17) is 17.0 Å². The summed E-state index contributed by atoms with van der Waals surface area (Å²) in [5.41, 5.74) is 12.3. The first-order valence-electron chi connectivity index (χ1n) is 15.9. The molecule has 4 heteroatoms. The van der Waals surface area contributed by atoms with Crippen molar-refractivity contribution in [2.75, 3.05) is 0 Å². The molecule has 0 N–H and O–H groups in total. The first-order valence-corrected chi connectivity index (χ1v) is 24.3. The number of hydrogen-bond acceptors (Lipinski definition) is 0. The van der Waals surface area contributed by atoms with Crippen molar-refractivity contribution < 1.29 is 20.8 Å². The SMILES string of the molecule is CC(C)c1cc2c(-c3ccc(C(C)(C)C)cc3)cccc2[cH-]1.C[Si]C.Cc1cccc(-c2ccc(C)c3[cH-]c(C)cc23)c1.[Cl][Zr+2][Cl]. The summed E-state index contributed by atoms with van der Waals surface area (Å²) in [5.74, 6) is 0.573. The molecule has 0 aliphatic heterocycles. The molecule has 0 aromatic heterocycles. The normalized spacial score (nSPS) is 10.8. The molecule has 0 nitrogen and oxygen atoms in total. The Morgan fingerprint density at radius 3 is 1.89 bits per heavy atom. The number of hydrogen-bond donors (Lipinski definition) is 0. The van der Waals surface area contributed by atoms with E-state index in [1.807, 2.05) is 0 Å². The van der Waals surface area contributed by atoms with Gasteiger partial charge in [0, 0.05) is 9.52 Å². The van der Waals surface area contributed by atoms with Gasteiger partial charge in [0.15, 0.2) is 0 Å². The number of rotatable bonds is 3. The Morgan fingerprint density at radius 2 is 1.30 bits per heavy atom. The fourth-order valence-electron chi connectivity index (χ4n) is 5.65. The van der Waals surface area contributed by atoms with Crippen LogP contribution in [0.15, 0.2) is 103 Å². The first-order chi connectivity index (χ1) is 21.8. The Morgan fingerprint density at radius 1 is 0.696 bits per heavy atom. The molecule has 0 aliphatic rings. The van der Waals surface area contributed by atoms with Gasteiger partial charge in [0.05, 0.1) is 0 Å². The number of benzene rings is 4. The van der Waals surface area contributed by atoms with Gasteiger partial charge in [0.2, 0.25) is 0 Å². The third-order valence-electron chi connectivity index (χ3n) is 8.08. The van der Waals surface area contributed by atoms with Crippen LogP contribution in [-0.4, -0.2) is 9.52 Å². The average molecular weight is 743 g/mol. The van der Waals surface area contributed by atoms with E-state index in [-0.39, 0.29) is 5.41 Å². The van der Waals surface area contributed by atoms with Gasteiger partial charge in [0.1, 0.15) is 0 Å². The topological polar surface area (TPSA) is 0 Å². The van der Waals surface area contributed by atoms with Crippen molar-refractivity contribution in [2.45, 2.75) is 79.8 Å². The van der Waals surface area contributed by atoms with Crippen LogP contribution in [0.25, 0.3) is 43.8 Å². The Labute approximate surface area is 299 Å². The molecule has 0 atom stereocenters. The van der Waals surface area contributed by atoms with Gasteiger partial charge < -0.3 is 0 Å². The molecular formula is C42H48Cl2SiZr. The minimum absolute atomic E-state index is 0.204. The van der Waals surface area contributed by atoms with Crippen molar-refractivity contribution in [2.24, 2.45) is 0 Å². The van der Waals surface area contributed by atoms with Crippen molar-refractivity contribution in [1.29, 1.82) is 0 Å². The van der Waals surface area contributed by atoms with Crippen LogP contribution in [0.2, 0.25) is 13.1 Å². The summed E-state index contributed by atoms with van der Waals surface area (Å²) in [6, 6.07) is 38.1. The van der Waals surface area contributed by atoms with E-state index in [2.05, 4.69) is 172 Å². The Balaban J connectivity index is 0.000000217. The van der Waals surface area contributed by atoms with Gasteiger partial charge in [-0.2, -0.15) is 12.1 Å². The molecule has 0 spiro atoms. The number of halogens is 2.